The highest BCUT2D eigenvalue weighted by Crippen LogP contribution is 2.45. The van der Waals surface area contributed by atoms with Crippen molar-refractivity contribution in [3.8, 4) is 5.75 Å². The molecule has 9 rings (SSSR count). The third-order valence-electron chi connectivity index (χ3n) is 11.8. The Morgan fingerprint density at radius 3 is 2.16 bits per heavy atom. The highest BCUT2D eigenvalue weighted by Gasteiger charge is 2.38. The molecule has 0 radical (unpaired) electrons. The number of halogens is 2. The number of rotatable bonds is 7. The van der Waals surface area contributed by atoms with Gasteiger partial charge in [0.1, 0.15) is 22.6 Å². The summed E-state index contributed by atoms with van der Waals surface area (Å²) in [4.78, 5) is 52.5. The predicted molar refractivity (Wildman–Crippen MR) is 204 cm³/mol. The molecule has 1 unspecified atom stereocenters. The Hall–Kier alpha value is -5.02. The second-order valence-electron chi connectivity index (χ2n) is 15.7. The van der Waals surface area contributed by atoms with Gasteiger partial charge in [-0.05, 0) is 77.0 Å². The molecular weight excluding hydrogens is 714 g/mol. The molecule has 5 fully saturated rings. The van der Waals surface area contributed by atoms with Crippen molar-refractivity contribution in [2.24, 2.45) is 5.92 Å². The number of carbonyl (C=O) groups is 2. The van der Waals surface area contributed by atoms with Gasteiger partial charge in [0.05, 0.1) is 34.6 Å². The normalized spacial score (nSPS) is 22.4. The van der Waals surface area contributed by atoms with Crippen LogP contribution in [0, 0.1) is 24.5 Å². The van der Waals surface area contributed by atoms with Crippen molar-refractivity contribution in [1.82, 2.24) is 19.8 Å². The van der Waals surface area contributed by atoms with Gasteiger partial charge in [-0.2, -0.15) is 0 Å². The molecule has 3 saturated heterocycles. The van der Waals surface area contributed by atoms with Crippen LogP contribution in [-0.2, 0) is 0 Å². The number of nitrogens with zero attached hydrogens (tertiary/aromatic N) is 4. The molecule has 2 aromatic heterocycles. The molecular formula is C40H46F2N6O7. The van der Waals surface area contributed by atoms with E-state index in [-0.39, 0.29) is 45.6 Å². The van der Waals surface area contributed by atoms with Crippen LogP contribution in [0.5, 0.6) is 5.75 Å². The van der Waals surface area contributed by atoms with Gasteiger partial charge in [-0.25, -0.2) is 18.4 Å². The number of aromatic nitrogens is 2. The van der Waals surface area contributed by atoms with Crippen LogP contribution in [0.25, 0.3) is 21.8 Å². The van der Waals surface area contributed by atoms with Gasteiger partial charge in [-0.15, -0.1) is 0 Å². The maximum atomic E-state index is 15.3. The molecule has 0 amide bonds. The molecule has 2 saturated carbocycles. The molecule has 13 nitrogen and oxygen atoms in total. The second-order valence-corrected chi connectivity index (χ2v) is 15.7. The number of piperazine rings is 1. The lowest BCUT2D eigenvalue weighted by Gasteiger charge is -2.34. The summed E-state index contributed by atoms with van der Waals surface area (Å²) in [6.45, 7) is 8.16. The van der Waals surface area contributed by atoms with E-state index in [0.29, 0.717) is 59.8 Å². The molecule has 55 heavy (non-hydrogen) atoms. The zero-order valence-electron chi connectivity index (χ0n) is 31.2. The third kappa shape index (κ3) is 6.60. The minimum Gasteiger partial charge on any atom is -0.492 e. The maximum absolute atomic E-state index is 15.3. The van der Waals surface area contributed by atoms with Crippen molar-refractivity contribution in [2.75, 3.05) is 56.2 Å². The van der Waals surface area contributed by atoms with Gasteiger partial charge in [0, 0.05) is 74.8 Å². The Bertz CT molecular complexity index is 2340. The number of methoxy groups -OCH3 is 1. The first-order valence-electron chi connectivity index (χ1n) is 19.1. The fourth-order valence-corrected chi connectivity index (χ4v) is 8.79. The van der Waals surface area contributed by atoms with Crippen molar-refractivity contribution in [2.45, 2.75) is 76.5 Å². The first-order valence-corrected chi connectivity index (χ1v) is 19.1. The fourth-order valence-electron chi connectivity index (χ4n) is 8.79. The van der Waals surface area contributed by atoms with Gasteiger partial charge in [-0.3, -0.25) is 9.59 Å². The molecule has 2 aromatic carbocycles. The largest absolute Gasteiger partial charge is 0.492 e. The monoisotopic (exact) mass is 760 g/mol. The Morgan fingerprint density at radius 1 is 0.855 bits per heavy atom. The quantitative estimate of drug-likeness (QED) is 0.208. The van der Waals surface area contributed by atoms with Gasteiger partial charge in [0.2, 0.25) is 10.9 Å². The van der Waals surface area contributed by atoms with E-state index in [1.807, 2.05) is 14.4 Å². The van der Waals surface area contributed by atoms with Crippen molar-refractivity contribution >= 4 is 45.1 Å². The molecule has 15 heteroatoms. The number of nitrogens with one attached hydrogen (secondary N) is 2. The maximum Gasteiger partial charge on any atom is 0.341 e. The van der Waals surface area contributed by atoms with E-state index in [0.717, 1.165) is 58.2 Å². The Balaban J connectivity index is 0.000000156. The van der Waals surface area contributed by atoms with E-state index in [9.17, 15) is 29.4 Å². The summed E-state index contributed by atoms with van der Waals surface area (Å²) < 4.78 is 39.8. The lowest BCUT2D eigenvalue weighted by molar-refractivity contribution is 0.0684. The van der Waals surface area contributed by atoms with Crippen molar-refractivity contribution in [3.63, 3.8) is 0 Å². The molecule has 4 aromatic rings. The second kappa shape index (κ2) is 14.2. The molecule has 3 aliphatic heterocycles. The number of pyridine rings is 2. The third-order valence-corrected chi connectivity index (χ3v) is 11.8. The summed E-state index contributed by atoms with van der Waals surface area (Å²) >= 11 is 0. The average Bonchev–Trinajstić information content (AvgIpc) is 4.10. The molecule has 2 aliphatic carbocycles. The number of aryl methyl sites for hydroxylation is 1. The van der Waals surface area contributed by atoms with E-state index in [1.165, 1.54) is 25.6 Å². The SMILES string of the molecule is COc1c(N2C[C@@H]3CCCN[C@@H]3C2)c(F)cc2c(=O)c(C(=O)O)cn(C3CC3)c12.Cc1c(F)c(N2CCNC(C)C2)cc2c1c(=O)c(C(=O)O)cn2C1CC1. The van der Waals surface area contributed by atoms with Gasteiger partial charge in [0.15, 0.2) is 11.6 Å². The molecule has 5 heterocycles. The van der Waals surface area contributed by atoms with Gasteiger partial charge in [0.25, 0.3) is 0 Å². The van der Waals surface area contributed by atoms with E-state index < -0.39 is 34.4 Å². The van der Waals surface area contributed by atoms with Crippen molar-refractivity contribution in [1.29, 1.82) is 0 Å². The van der Waals surface area contributed by atoms with Crippen LogP contribution < -0.4 is 36.0 Å². The zero-order chi connectivity index (χ0) is 38.9. The first kappa shape index (κ1) is 36.9. The number of ether oxygens (including phenoxy) is 1. The van der Waals surface area contributed by atoms with Gasteiger partial charge in [-0.1, -0.05) is 0 Å². The minimum atomic E-state index is -1.30. The standard InChI is InChI=1S/C21H24FN3O4.C19H22FN3O3/c1-29-20-17-13(19(26)14(21(27)28)9-25(17)12-4-5-12)7-15(22)18(20)24-8-11-3-2-6-23-16(11)10-24;1-10-8-22(6-5-21-10)15-7-14-16(11(2)17(15)20)18(24)13(19(25)26)9-23(14)12-3-4-12/h7,9,11-12,16,23H,2-6,8,10H2,1H3,(H,27,28);7,9-10,12,21H,3-6,8H2,1-2H3,(H,25,26)/t11-,16+;/m0./s1. The molecule has 4 N–H and O–H groups in total. The Kier molecular flexibility index (Phi) is 9.56. The number of benzene rings is 2. The van der Waals surface area contributed by atoms with E-state index in [4.69, 9.17) is 4.74 Å². The number of anilines is 2. The summed E-state index contributed by atoms with van der Waals surface area (Å²) in [5, 5.41) is 25.9. The van der Waals surface area contributed by atoms with Gasteiger partial charge < -0.3 is 44.5 Å². The molecule has 292 valence electrons. The summed E-state index contributed by atoms with van der Waals surface area (Å²) in [5.74, 6) is -2.78. The first-order chi connectivity index (χ1) is 26.4. The summed E-state index contributed by atoms with van der Waals surface area (Å²) in [6.07, 6.45) is 8.70. The van der Waals surface area contributed by atoms with Crippen LogP contribution in [0.4, 0.5) is 20.2 Å². The highest BCUT2D eigenvalue weighted by molar-refractivity contribution is 5.97. The summed E-state index contributed by atoms with van der Waals surface area (Å²) in [6, 6.07) is 3.77. The summed E-state index contributed by atoms with van der Waals surface area (Å²) in [5.41, 5.74) is 0.280. The van der Waals surface area contributed by atoms with Crippen LogP contribution in [0.1, 0.15) is 83.8 Å². The number of hydrogen-bond acceptors (Lipinski definition) is 9. The average molecular weight is 761 g/mol. The highest BCUT2D eigenvalue weighted by atomic mass is 19.1. The fraction of sp³-hybridized carbons (Fsp3) is 0.500. The van der Waals surface area contributed by atoms with Crippen LogP contribution in [0.15, 0.2) is 34.1 Å². The predicted octanol–water partition coefficient (Wildman–Crippen LogP) is 4.65. The summed E-state index contributed by atoms with van der Waals surface area (Å²) in [7, 11) is 1.48. The van der Waals surface area contributed by atoms with E-state index >= 15 is 8.78 Å². The smallest absolute Gasteiger partial charge is 0.341 e. The van der Waals surface area contributed by atoms with Crippen LogP contribution in [0.2, 0.25) is 0 Å². The Morgan fingerprint density at radius 2 is 1.53 bits per heavy atom. The zero-order valence-corrected chi connectivity index (χ0v) is 31.2. The molecule has 5 aliphatic rings. The minimum absolute atomic E-state index is 0.0599. The van der Waals surface area contributed by atoms with E-state index in [2.05, 4.69) is 17.6 Å². The lowest BCUT2D eigenvalue weighted by Crippen LogP contribution is -2.49. The van der Waals surface area contributed by atoms with Crippen molar-refractivity contribution < 1.29 is 33.3 Å². The molecule has 3 atom stereocenters. The lowest BCUT2D eigenvalue weighted by atomic mass is 9.94. The van der Waals surface area contributed by atoms with Crippen LogP contribution in [0.3, 0.4) is 0 Å². The topological polar surface area (TPSA) is 158 Å². The number of fused-ring (bicyclic) bond motifs is 3. The van der Waals surface area contributed by atoms with Crippen LogP contribution in [-0.4, -0.2) is 89.7 Å². The number of piperidine rings is 1. The number of carboxylic acids is 2. The molecule has 0 spiro atoms. The van der Waals surface area contributed by atoms with E-state index in [1.54, 1.807) is 17.6 Å². The molecule has 0 bridgehead atoms. The van der Waals surface area contributed by atoms with Crippen molar-refractivity contribution in [3.05, 3.63) is 73.3 Å². The van der Waals surface area contributed by atoms with Gasteiger partial charge >= 0.3 is 11.9 Å². The van der Waals surface area contributed by atoms with Crippen LogP contribution >= 0.6 is 0 Å². The number of carboxylic acid groups (broad SMARTS) is 2. The number of hydrogen-bond donors (Lipinski definition) is 4. The Labute approximate surface area is 315 Å². The number of aromatic carboxylic acids is 2.